The zero-order valence-corrected chi connectivity index (χ0v) is 29.3. The minimum atomic E-state index is -0.965. The van der Waals surface area contributed by atoms with Crippen LogP contribution in [0.5, 0.6) is 0 Å². The fourth-order valence-corrected chi connectivity index (χ4v) is 6.11. The van der Waals surface area contributed by atoms with Gasteiger partial charge in [0, 0.05) is 31.3 Å². The van der Waals surface area contributed by atoms with Gasteiger partial charge in [0.25, 0.3) is 0 Å². The topological polar surface area (TPSA) is 155 Å². The summed E-state index contributed by atoms with van der Waals surface area (Å²) in [7, 11) is 0. The fourth-order valence-electron chi connectivity index (χ4n) is 6.11. The smallest absolute Gasteiger partial charge is 0.407 e. The van der Waals surface area contributed by atoms with E-state index in [0.29, 0.717) is 19.4 Å². The van der Waals surface area contributed by atoms with Gasteiger partial charge in [0.1, 0.15) is 18.7 Å². The maximum atomic E-state index is 13.4. The lowest BCUT2D eigenvalue weighted by molar-refractivity contribution is -0.132. The summed E-state index contributed by atoms with van der Waals surface area (Å²) in [6.45, 7) is 7.79. The standard InChI is InChI=1S/C39H49N5O6/c1-5-40-37(47)33(21-25(2)3)44-38(48)34(22-27-13-7-6-8-14-27)43-36(46)23-41-35(45)20-19-26(4)42-39(49)50-24-32-30-17-11-9-15-28(30)29-16-10-12-18-31(29)32/h6-18,25-26,32-34H,5,19-24H2,1-4H3,(H,40,47)(H,41,45)(H,42,49)(H,43,46)(H,44,48). The molecule has 0 bridgehead atoms. The Morgan fingerprint density at radius 3 is 1.94 bits per heavy atom. The number of alkyl carbamates (subject to hydrolysis) is 1. The summed E-state index contributed by atoms with van der Waals surface area (Å²) >= 11 is 0. The molecule has 11 heteroatoms. The van der Waals surface area contributed by atoms with Crippen LogP contribution in [-0.2, 0) is 30.3 Å². The number of rotatable bonds is 17. The van der Waals surface area contributed by atoms with Gasteiger partial charge in [0.05, 0.1) is 6.54 Å². The summed E-state index contributed by atoms with van der Waals surface area (Å²) in [5, 5.41) is 13.7. The molecule has 266 valence electrons. The molecule has 0 radical (unpaired) electrons. The number of likely N-dealkylation sites (N-methyl/N-ethyl adjacent to an activating group) is 1. The fraction of sp³-hybridized carbons (Fsp3) is 0.410. The van der Waals surface area contributed by atoms with Gasteiger partial charge < -0.3 is 31.3 Å². The van der Waals surface area contributed by atoms with Crippen molar-refractivity contribution in [2.45, 2.75) is 77.4 Å². The molecular weight excluding hydrogens is 634 g/mol. The van der Waals surface area contributed by atoms with Crippen LogP contribution in [0.3, 0.4) is 0 Å². The van der Waals surface area contributed by atoms with Gasteiger partial charge in [-0.25, -0.2) is 4.79 Å². The highest BCUT2D eigenvalue weighted by atomic mass is 16.5. The minimum Gasteiger partial charge on any atom is -0.449 e. The molecule has 11 nitrogen and oxygen atoms in total. The molecule has 1 aliphatic carbocycles. The van der Waals surface area contributed by atoms with Crippen molar-refractivity contribution >= 4 is 29.7 Å². The first-order valence-corrected chi connectivity index (χ1v) is 17.3. The highest BCUT2D eigenvalue weighted by molar-refractivity contribution is 5.93. The average molecular weight is 684 g/mol. The van der Waals surface area contributed by atoms with Crippen LogP contribution in [0, 0.1) is 5.92 Å². The van der Waals surface area contributed by atoms with Crippen LogP contribution in [0.1, 0.15) is 69.6 Å². The Balaban J connectivity index is 1.23. The maximum absolute atomic E-state index is 13.4. The number of amides is 5. The SMILES string of the molecule is CCNC(=O)C(CC(C)C)NC(=O)C(Cc1ccccc1)NC(=O)CNC(=O)CCC(C)NC(=O)OCC1c2ccccc2-c2ccccc21. The third kappa shape index (κ3) is 10.9. The number of nitrogens with one attached hydrogen (secondary N) is 5. The lowest BCUT2D eigenvalue weighted by Crippen LogP contribution is -2.55. The van der Waals surface area contributed by atoms with Crippen molar-refractivity contribution in [2.24, 2.45) is 5.92 Å². The second-order valence-electron chi connectivity index (χ2n) is 13.1. The van der Waals surface area contributed by atoms with Gasteiger partial charge in [0.2, 0.25) is 23.6 Å². The van der Waals surface area contributed by atoms with E-state index in [1.807, 2.05) is 68.4 Å². The molecule has 50 heavy (non-hydrogen) atoms. The molecule has 0 spiro atoms. The number of carbonyl (C=O) groups excluding carboxylic acids is 5. The van der Waals surface area contributed by atoms with Crippen LogP contribution >= 0.6 is 0 Å². The van der Waals surface area contributed by atoms with Gasteiger partial charge in [-0.2, -0.15) is 0 Å². The van der Waals surface area contributed by atoms with Crippen molar-refractivity contribution in [3.63, 3.8) is 0 Å². The molecule has 1 aliphatic rings. The van der Waals surface area contributed by atoms with Crippen LogP contribution < -0.4 is 26.6 Å². The van der Waals surface area contributed by atoms with E-state index in [9.17, 15) is 24.0 Å². The van der Waals surface area contributed by atoms with E-state index in [4.69, 9.17) is 4.74 Å². The maximum Gasteiger partial charge on any atom is 0.407 e. The Morgan fingerprint density at radius 2 is 1.32 bits per heavy atom. The van der Waals surface area contributed by atoms with Gasteiger partial charge in [-0.15, -0.1) is 0 Å². The highest BCUT2D eigenvalue weighted by Crippen LogP contribution is 2.44. The summed E-state index contributed by atoms with van der Waals surface area (Å²) in [5.74, 6) is -1.60. The first kappa shape index (κ1) is 37.6. The number of hydrogen-bond acceptors (Lipinski definition) is 6. The molecule has 0 heterocycles. The predicted octanol–water partition coefficient (Wildman–Crippen LogP) is 4.20. The first-order valence-electron chi connectivity index (χ1n) is 17.3. The van der Waals surface area contributed by atoms with Crippen molar-refractivity contribution in [3.8, 4) is 11.1 Å². The van der Waals surface area contributed by atoms with Crippen molar-refractivity contribution in [1.82, 2.24) is 26.6 Å². The average Bonchev–Trinajstić information content (AvgIpc) is 3.42. The number of ether oxygens (including phenoxy) is 1. The molecule has 0 saturated heterocycles. The van der Waals surface area contributed by atoms with E-state index in [1.165, 1.54) is 0 Å². The molecule has 5 amide bonds. The molecular formula is C39H49N5O6. The summed E-state index contributed by atoms with van der Waals surface area (Å²) in [6, 6.07) is 23.4. The second kappa shape index (κ2) is 18.5. The number of fused-ring (bicyclic) bond motifs is 3. The van der Waals surface area contributed by atoms with Gasteiger partial charge in [-0.05, 0) is 60.4 Å². The van der Waals surface area contributed by atoms with Crippen LogP contribution in [0.25, 0.3) is 11.1 Å². The number of hydrogen-bond donors (Lipinski definition) is 5. The minimum absolute atomic E-state index is 0.0548. The summed E-state index contributed by atoms with van der Waals surface area (Å²) in [5.41, 5.74) is 5.36. The molecule has 5 N–H and O–H groups in total. The molecule has 3 unspecified atom stereocenters. The summed E-state index contributed by atoms with van der Waals surface area (Å²) in [6.07, 6.45) is 0.469. The first-order chi connectivity index (χ1) is 24.0. The van der Waals surface area contributed by atoms with E-state index < -0.39 is 30.0 Å². The zero-order chi connectivity index (χ0) is 36.0. The number of benzene rings is 3. The van der Waals surface area contributed by atoms with Crippen molar-refractivity contribution in [1.29, 1.82) is 0 Å². The predicted molar refractivity (Wildman–Crippen MR) is 192 cm³/mol. The van der Waals surface area contributed by atoms with Crippen LogP contribution in [-0.4, -0.2) is 67.5 Å². The van der Waals surface area contributed by atoms with Crippen molar-refractivity contribution in [3.05, 3.63) is 95.6 Å². The number of carbonyl (C=O) groups is 5. The molecule has 0 aliphatic heterocycles. The Labute approximate surface area is 294 Å². The Hall–Kier alpha value is -5.19. The van der Waals surface area contributed by atoms with Crippen LogP contribution in [0.4, 0.5) is 4.79 Å². The van der Waals surface area contributed by atoms with Crippen LogP contribution in [0.2, 0.25) is 0 Å². The molecule has 3 aromatic carbocycles. The van der Waals surface area contributed by atoms with E-state index in [1.54, 1.807) is 13.8 Å². The Bertz CT molecular complexity index is 1580. The van der Waals surface area contributed by atoms with Crippen molar-refractivity contribution < 1.29 is 28.7 Å². The van der Waals surface area contributed by atoms with E-state index in [0.717, 1.165) is 27.8 Å². The normalized spacial score (nSPS) is 13.6. The monoisotopic (exact) mass is 683 g/mol. The van der Waals surface area contributed by atoms with Gasteiger partial charge in [0.15, 0.2) is 0 Å². The molecule has 0 saturated carbocycles. The van der Waals surface area contributed by atoms with Crippen molar-refractivity contribution in [2.75, 3.05) is 19.7 Å². The lowest BCUT2D eigenvalue weighted by Gasteiger charge is -2.24. The van der Waals surface area contributed by atoms with Gasteiger partial charge in [-0.3, -0.25) is 19.2 Å². The third-order valence-corrected chi connectivity index (χ3v) is 8.58. The molecule has 3 atom stereocenters. The van der Waals surface area contributed by atoms with Gasteiger partial charge >= 0.3 is 6.09 Å². The Morgan fingerprint density at radius 1 is 0.700 bits per heavy atom. The van der Waals surface area contributed by atoms with E-state index in [-0.39, 0.29) is 55.7 Å². The second-order valence-corrected chi connectivity index (χ2v) is 13.1. The highest BCUT2D eigenvalue weighted by Gasteiger charge is 2.30. The molecule has 0 aromatic heterocycles. The van der Waals surface area contributed by atoms with Gasteiger partial charge in [-0.1, -0.05) is 92.7 Å². The molecule has 0 fully saturated rings. The van der Waals surface area contributed by atoms with Crippen LogP contribution in [0.15, 0.2) is 78.9 Å². The largest absolute Gasteiger partial charge is 0.449 e. The Kier molecular flexibility index (Phi) is 14.0. The summed E-state index contributed by atoms with van der Waals surface area (Å²) < 4.78 is 5.60. The molecule has 3 aromatic rings. The molecule has 4 rings (SSSR count). The van der Waals surface area contributed by atoms with E-state index >= 15 is 0 Å². The lowest BCUT2D eigenvalue weighted by atomic mass is 9.98. The quantitative estimate of drug-likeness (QED) is 0.144. The third-order valence-electron chi connectivity index (χ3n) is 8.58. The summed E-state index contributed by atoms with van der Waals surface area (Å²) in [4.78, 5) is 64.2. The van der Waals surface area contributed by atoms with E-state index in [2.05, 4.69) is 50.8 Å². The zero-order valence-electron chi connectivity index (χ0n) is 29.3.